The second-order valence-electron chi connectivity index (χ2n) is 17.0. The number of carbonyl (C=O) groups excluding carboxylic acids is 2. The van der Waals surface area contributed by atoms with Gasteiger partial charge in [0.15, 0.2) is 12.1 Å². The molecule has 0 aromatic rings. The zero-order valence-corrected chi connectivity index (χ0v) is 38.7. The third kappa shape index (κ3) is 40.2. The predicted molar refractivity (Wildman–Crippen MR) is 247 cm³/mol. The Morgan fingerprint density at radius 3 is 1.47 bits per heavy atom. The normalized spacial score (nSPS) is 13.4. The number of rotatable bonds is 42. The summed E-state index contributed by atoms with van der Waals surface area (Å²) >= 11 is 0. The molecule has 0 saturated heterocycles. The molecule has 0 spiro atoms. The Labute approximate surface area is 362 Å². The zero-order valence-electron chi connectivity index (χ0n) is 38.7. The Kier molecular flexibility index (Phi) is 39.6. The van der Waals surface area contributed by atoms with Gasteiger partial charge in [0, 0.05) is 19.3 Å². The van der Waals surface area contributed by atoms with Gasteiger partial charge in [0.25, 0.3) is 0 Å². The molecule has 0 heterocycles. The number of carboxylic acid groups (broad SMARTS) is 1. The fourth-order valence-corrected chi connectivity index (χ4v) is 6.69. The van der Waals surface area contributed by atoms with Crippen LogP contribution in [0.3, 0.4) is 0 Å². The van der Waals surface area contributed by atoms with E-state index in [-0.39, 0.29) is 42.7 Å². The van der Waals surface area contributed by atoms with E-state index >= 15 is 0 Å². The molecule has 0 amide bonds. The van der Waals surface area contributed by atoms with Crippen LogP contribution in [0.5, 0.6) is 0 Å². The highest BCUT2D eigenvalue weighted by atomic mass is 16.6. The van der Waals surface area contributed by atoms with Crippen molar-refractivity contribution in [3.05, 3.63) is 60.8 Å². The molecule has 0 aromatic heterocycles. The van der Waals surface area contributed by atoms with E-state index < -0.39 is 18.1 Å². The van der Waals surface area contributed by atoms with Crippen molar-refractivity contribution in [1.29, 1.82) is 0 Å². The highest BCUT2D eigenvalue weighted by Gasteiger charge is 2.31. The minimum Gasteiger partial charge on any atom is -0.477 e. The number of carbonyl (C=O) groups is 3. The van der Waals surface area contributed by atoms with Gasteiger partial charge in [0.05, 0.1) is 34.4 Å². The first kappa shape index (κ1) is 56.0. The topological polar surface area (TPSA) is 99.1 Å². The lowest BCUT2D eigenvalue weighted by Gasteiger charge is -2.31. The maximum Gasteiger partial charge on any atom is 0.362 e. The molecule has 2 unspecified atom stereocenters. The SMILES string of the molecule is CCCCCCCC/C=C/C/C=C/C/C=C/CCCC(=O)OC(COCCC(C(=O)O)[N+](C)(C)C)COC(=O)CCCCCCC/C=C/C=C/CCCCCCCCC. The number of aliphatic carboxylic acids is 1. The molecule has 0 aliphatic carbocycles. The average molecular weight is 829 g/mol. The van der Waals surface area contributed by atoms with Crippen LogP contribution in [0.4, 0.5) is 0 Å². The molecule has 2 atom stereocenters. The van der Waals surface area contributed by atoms with Crippen molar-refractivity contribution >= 4 is 17.9 Å². The van der Waals surface area contributed by atoms with Crippen LogP contribution in [0.2, 0.25) is 0 Å². The van der Waals surface area contributed by atoms with E-state index in [9.17, 15) is 19.5 Å². The molecule has 0 aliphatic heterocycles. The highest BCUT2D eigenvalue weighted by molar-refractivity contribution is 5.72. The van der Waals surface area contributed by atoms with Crippen LogP contribution in [0.1, 0.15) is 194 Å². The third-order valence-electron chi connectivity index (χ3n) is 10.4. The number of unbranched alkanes of at least 4 members (excludes halogenated alkanes) is 19. The van der Waals surface area contributed by atoms with Gasteiger partial charge in [-0.3, -0.25) is 9.59 Å². The first-order valence-electron chi connectivity index (χ1n) is 23.8. The zero-order chi connectivity index (χ0) is 43.5. The van der Waals surface area contributed by atoms with Gasteiger partial charge in [0.2, 0.25) is 0 Å². The van der Waals surface area contributed by atoms with Crippen molar-refractivity contribution < 1.29 is 38.2 Å². The number of esters is 2. The number of likely N-dealkylation sites (N-methyl/N-ethyl adjacent to an activating group) is 1. The lowest BCUT2D eigenvalue weighted by molar-refractivity contribution is -0.887. The number of ether oxygens (including phenoxy) is 3. The molecule has 340 valence electrons. The van der Waals surface area contributed by atoms with Gasteiger partial charge in [-0.1, -0.05) is 164 Å². The van der Waals surface area contributed by atoms with Crippen LogP contribution in [-0.4, -0.2) is 80.6 Å². The summed E-state index contributed by atoms with van der Waals surface area (Å²) in [7, 11) is 5.50. The molecule has 0 fully saturated rings. The quantitative estimate of drug-likeness (QED) is 0.0215. The number of nitrogens with zero attached hydrogens (tertiary/aromatic N) is 1. The summed E-state index contributed by atoms with van der Waals surface area (Å²) in [5.74, 6) is -1.56. The predicted octanol–water partition coefficient (Wildman–Crippen LogP) is 13.4. The number of allylic oxidation sites excluding steroid dienone is 10. The molecule has 0 aromatic carbocycles. The van der Waals surface area contributed by atoms with Gasteiger partial charge in [-0.2, -0.15) is 0 Å². The summed E-state index contributed by atoms with van der Waals surface area (Å²) < 4.78 is 17.2. The van der Waals surface area contributed by atoms with Crippen LogP contribution in [0.25, 0.3) is 0 Å². The first-order valence-corrected chi connectivity index (χ1v) is 23.8. The number of hydrogen-bond donors (Lipinski definition) is 1. The van der Waals surface area contributed by atoms with Crippen LogP contribution >= 0.6 is 0 Å². The van der Waals surface area contributed by atoms with Gasteiger partial charge in [-0.05, 0) is 70.6 Å². The smallest absolute Gasteiger partial charge is 0.362 e. The number of hydrogen-bond acceptors (Lipinski definition) is 6. The van der Waals surface area contributed by atoms with Gasteiger partial charge in [-0.15, -0.1) is 0 Å². The maximum absolute atomic E-state index is 12.7. The Bertz CT molecular complexity index is 1150. The summed E-state index contributed by atoms with van der Waals surface area (Å²) in [4.78, 5) is 37.0. The van der Waals surface area contributed by atoms with Crippen LogP contribution < -0.4 is 0 Å². The first-order chi connectivity index (χ1) is 28.6. The Morgan fingerprint density at radius 2 is 0.966 bits per heavy atom. The Morgan fingerprint density at radius 1 is 0.525 bits per heavy atom. The summed E-state index contributed by atoms with van der Waals surface area (Å²) in [6.45, 7) is 4.66. The van der Waals surface area contributed by atoms with E-state index in [4.69, 9.17) is 14.2 Å². The van der Waals surface area contributed by atoms with Gasteiger partial charge < -0.3 is 23.8 Å². The Balaban J connectivity index is 4.42. The monoisotopic (exact) mass is 829 g/mol. The molecule has 1 N–H and O–H groups in total. The molecule has 8 heteroatoms. The van der Waals surface area contributed by atoms with Crippen LogP contribution in [0.15, 0.2) is 60.8 Å². The maximum atomic E-state index is 12.7. The van der Waals surface area contributed by atoms with Crippen LogP contribution in [-0.2, 0) is 28.6 Å². The molecular formula is C51H90NO7+. The fourth-order valence-electron chi connectivity index (χ4n) is 6.69. The van der Waals surface area contributed by atoms with E-state index in [0.717, 1.165) is 57.8 Å². The van der Waals surface area contributed by atoms with Gasteiger partial charge in [-0.25, -0.2) is 4.79 Å². The second-order valence-corrected chi connectivity index (χ2v) is 17.0. The van der Waals surface area contributed by atoms with Crippen molar-refractivity contribution in [2.75, 3.05) is 41.0 Å². The minimum atomic E-state index is -0.886. The summed E-state index contributed by atoms with van der Waals surface area (Å²) in [6, 6.07) is -0.628. The van der Waals surface area contributed by atoms with Crippen molar-refractivity contribution in [1.82, 2.24) is 0 Å². The molecule has 0 radical (unpaired) electrons. The van der Waals surface area contributed by atoms with Gasteiger partial charge >= 0.3 is 17.9 Å². The third-order valence-corrected chi connectivity index (χ3v) is 10.4. The Hall–Kier alpha value is -2.97. The molecule has 0 bridgehead atoms. The van der Waals surface area contributed by atoms with Crippen molar-refractivity contribution in [2.45, 2.75) is 206 Å². The number of quaternary nitrogens is 1. The molecule has 0 rings (SSSR count). The van der Waals surface area contributed by atoms with Gasteiger partial charge in [0.1, 0.15) is 6.61 Å². The lowest BCUT2D eigenvalue weighted by atomic mass is 10.1. The van der Waals surface area contributed by atoms with Crippen molar-refractivity contribution in [3.8, 4) is 0 Å². The van der Waals surface area contributed by atoms with Crippen molar-refractivity contribution in [3.63, 3.8) is 0 Å². The molecular weight excluding hydrogens is 739 g/mol. The van der Waals surface area contributed by atoms with E-state index in [2.05, 4.69) is 74.6 Å². The average Bonchev–Trinajstić information content (AvgIpc) is 3.19. The summed E-state index contributed by atoms with van der Waals surface area (Å²) in [6.07, 6.45) is 51.3. The molecule has 0 aliphatic rings. The number of carboxylic acids is 1. The highest BCUT2D eigenvalue weighted by Crippen LogP contribution is 2.13. The van der Waals surface area contributed by atoms with E-state index in [1.165, 1.54) is 96.3 Å². The van der Waals surface area contributed by atoms with E-state index in [0.29, 0.717) is 19.3 Å². The second kappa shape index (κ2) is 41.8. The van der Waals surface area contributed by atoms with Crippen LogP contribution in [0, 0.1) is 0 Å². The van der Waals surface area contributed by atoms with E-state index in [1.54, 1.807) is 0 Å². The minimum absolute atomic E-state index is 0.0341. The standard InChI is InChI=1S/C51H89NO7/c1-6-8-10-12-14-16-18-20-22-24-26-27-29-31-33-35-37-39-41-49(53)58-46-47(45-57-44-43-48(51(55)56)52(3,4)5)59-50(54)42-40-38-36-34-32-30-28-25-23-21-19-17-15-13-11-9-7-2/h21-24,26-28,30,34,36,47-48H,6-20,25,29,31-33,35,37-46H2,1-5H3/p+1/b23-21+,24-22+,27-26+,30-28+,36-34+. The van der Waals surface area contributed by atoms with E-state index in [1.807, 2.05) is 21.1 Å². The lowest BCUT2D eigenvalue weighted by Crippen LogP contribution is -2.50. The molecule has 0 saturated carbocycles. The summed E-state index contributed by atoms with van der Waals surface area (Å²) in [5, 5.41) is 9.63. The molecule has 59 heavy (non-hydrogen) atoms. The molecule has 8 nitrogen and oxygen atoms in total. The summed E-state index contributed by atoms with van der Waals surface area (Å²) in [5.41, 5.74) is 0. The fraction of sp³-hybridized carbons (Fsp3) is 0.745. The van der Waals surface area contributed by atoms with Crippen molar-refractivity contribution in [2.24, 2.45) is 0 Å². The largest absolute Gasteiger partial charge is 0.477 e.